The molecule has 35 heavy (non-hydrogen) atoms. The summed E-state index contributed by atoms with van der Waals surface area (Å²) in [5, 5.41) is 3.74. The number of allylic oxidation sites excluding steroid dienone is 2. The van der Waals surface area contributed by atoms with E-state index < -0.39 is 0 Å². The van der Waals surface area contributed by atoms with Crippen molar-refractivity contribution in [3.63, 3.8) is 0 Å². The summed E-state index contributed by atoms with van der Waals surface area (Å²) in [7, 11) is 3.78. The number of methoxy groups -OCH3 is 1. The summed E-state index contributed by atoms with van der Waals surface area (Å²) in [4.78, 5) is 2.20. The summed E-state index contributed by atoms with van der Waals surface area (Å²) in [6.07, 6.45) is 6.86. The lowest BCUT2D eigenvalue weighted by molar-refractivity contribution is 0.0981. The van der Waals surface area contributed by atoms with Crippen LogP contribution in [0.15, 0.2) is 54.4 Å². The highest BCUT2D eigenvalue weighted by molar-refractivity contribution is 5.75. The Morgan fingerprint density at radius 2 is 1.71 bits per heavy atom. The van der Waals surface area contributed by atoms with Crippen LogP contribution in [0.4, 0.5) is 0 Å². The van der Waals surface area contributed by atoms with Crippen LogP contribution < -0.4 is 21.5 Å². The van der Waals surface area contributed by atoms with Gasteiger partial charge >= 0.3 is 0 Å². The molecule has 190 valence electrons. The standard InChI is InChI=1S/C30H44N4O/c1-9-21-16-23(22-11-10-12-25(17-22)35-8)15-20(2)28(21)26(31)13-14-27(32)34(7)24-18-29(3,4)33-30(5,6)19-24/h10-17,24,33H,9,18-19,31-32H2,1-8H3/b26-13-,27-14+. The Morgan fingerprint density at radius 1 is 1.06 bits per heavy atom. The van der Waals surface area contributed by atoms with Crippen molar-refractivity contribution in [3.05, 3.63) is 71.1 Å². The molecule has 5 N–H and O–H groups in total. The molecule has 1 aliphatic heterocycles. The van der Waals surface area contributed by atoms with Crippen molar-refractivity contribution >= 4 is 5.70 Å². The van der Waals surface area contributed by atoms with E-state index in [4.69, 9.17) is 16.2 Å². The molecular formula is C30H44N4O. The predicted octanol–water partition coefficient (Wildman–Crippen LogP) is 5.57. The molecule has 0 saturated carbocycles. The minimum absolute atomic E-state index is 0.0630. The molecule has 1 saturated heterocycles. The molecule has 0 bridgehead atoms. The molecule has 0 atom stereocenters. The van der Waals surface area contributed by atoms with Crippen LogP contribution in [0.1, 0.15) is 64.2 Å². The number of hydrogen-bond donors (Lipinski definition) is 3. The average molecular weight is 477 g/mol. The third-order valence-corrected chi connectivity index (χ3v) is 7.05. The van der Waals surface area contributed by atoms with Crippen molar-refractivity contribution in [1.29, 1.82) is 0 Å². The van der Waals surface area contributed by atoms with Gasteiger partial charge in [0.1, 0.15) is 5.75 Å². The zero-order valence-electron chi connectivity index (χ0n) is 22.8. The van der Waals surface area contributed by atoms with E-state index in [1.54, 1.807) is 7.11 Å². The van der Waals surface area contributed by atoms with Crippen molar-refractivity contribution in [2.24, 2.45) is 11.5 Å². The second-order valence-corrected chi connectivity index (χ2v) is 11.2. The Balaban J connectivity index is 1.88. The smallest absolute Gasteiger partial charge is 0.119 e. The van der Waals surface area contributed by atoms with Gasteiger partial charge in [-0.05, 0) is 100 Å². The number of benzene rings is 2. The molecule has 0 unspecified atom stereocenters. The van der Waals surface area contributed by atoms with Crippen LogP contribution >= 0.6 is 0 Å². The molecule has 0 spiro atoms. The summed E-state index contributed by atoms with van der Waals surface area (Å²) in [6.45, 7) is 13.3. The lowest BCUT2D eigenvalue weighted by Gasteiger charge is -2.49. The van der Waals surface area contributed by atoms with E-state index in [0.29, 0.717) is 6.04 Å². The molecule has 2 aromatic rings. The predicted molar refractivity (Wildman–Crippen MR) is 149 cm³/mol. The van der Waals surface area contributed by atoms with Crippen molar-refractivity contribution in [2.75, 3.05) is 14.2 Å². The van der Waals surface area contributed by atoms with E-state index >= 15 is 0 Å². The number of rotatable bonds is 7. The molecule has 1 heterocycles. The molecular weight excluding hydrogens is 432 g/mol. The van der Waals surface area contributed by atoms with Gasteiger partial charge in [-0.25, -0.2) is 0 Å². The van der Waals surface area contributed by atoms with E-state index in [1.807, 2.05) is 24.3 Å². The van der Waals surface area contributed by atoms with Crippen molar-refractivity contribution in [1.82, 2.24) is 10.2 Å². The Hall–Kier alpha value is -2.92. The normalized spacial score (nSPS) is 18.4. The molecule has 1 aliphatic rings. The van der Waals surface area contributed by atoms with Crippen molar-refractivity contribution in [2.45, 2.75) is 77.9 Å². The van der Waals surface area contributed by atoms with Crippen molar-refractivity contribution in [3.8, 4) is 16.9 Å². The third kappa shape index (κ3) is 6.40. The molecule has 3 rings (SSSR count). The monoisotopic (exact) mass is 476 g/mol. The zero-order valence-corrected chi connectivity index (χ0v) is 22.8. The third-order valence-electron chi connectivity index (χ3n) is 7.05. The van der Waals surface area contributed by atoms with E-state index in [1.165, 1.54) is 11.1 Å². The number of hydrogen-bond acceptors (Lipinski definition) is 5. The highest BCUT2D eigenvalue weighted by Gasteiger charge is 2.39. The lowest BCUT2D eigenvalue weighted by atomic mass is 9.79. The van der Waals surface area contributed by atoms with Crippen LogP contribution in [0.5, 0.6) is 5.75 Å². The maximum absolute atomic E-state index is 6.63. The number of ether oxygens (including phenoxy) is 1. The molecule has 0 aliphatic carbocycles. The minimum atomic E-state index is 0.0630. The fourth-order valence-corrected chi connectivity index (χ4v) is 5.65. The molecule has 0 amide bonds. The first kappa shape index (κ1) is 26.7. The zero-order chi connectivity index (χ0) is 26.0. The number of piperidine rings is 1. The van der Waals surface area contributed by atoms with Crippen LogP contribution in [0.2, 0.25) is 0 Å². The first-order valence-corrected chi connectivity index (χ1v) is 12.6. The van der Waals surface area contributed by atoms with E-state index in [2.05, 4.69) is 83.1 Å². The quantitative estimate of drug-likeness (QED) is 0.455. The molecule has 5 nitrogen and oxygen atoms in total. The Kier molecular flexibility index (Phi) is 7.90. The summed E-state index contributed by atoms with van der Waals surface area (Å²) in [6, 6.07) is 13.0. The summed E-state index contributed by atoms with van der Waals surface area (Å²) in [5.74, 6) is 1.59. The minimum Gasteiger partial charge on any atom is -0.497 e. The summed E-state index contributed by atoms with van der Waals surface area (Å²) < 4.78 is 5.41. The largest absolute Gasteiger partial charge is 0.497 e. The van der Waals surface area contributed by atoms with Crippen LogP contribution in [0, 0.1) is 6.92 Å². The highest BCUT2D eigenvalue weighted by Crippen LogP contribution is 2.33. The van der Waals surface area contributed by atoms with E-state index in [0.717, 1.165) is 53.2 Å². The average Bonchev–Trinajstić information content (AvgIpc) is 2.79. The van der Waals surface area contributed by atoms with E-state index in [-0.39, 0.29) is 11.1 Å². The van der Waals surface area contributed by atoms with Gasteiger partial charge in [-0.1, -0.05) is 31.2 Å². The SMILES string of the molecule is CCc1cc(-c2cccc(OC)c2)cc(C)c1/C(N)=C/C=C(\N)N(C)C1CC(C)(C)NC(C)(C)C1. The summed E-state index contributed by atoms with van der Waals surface area (Å²) >= 11 is 0. The van der Waals surface area contributed by atoms with Gasteiger partial charge in [0.2, 0.25) is 0 Å². The second-order valence-electron chi connectivity index (χ2n) is 11.2. The van der Waals surface area contributed by atoms with Gasteiger partial charge in [0.15, 0.2) is 0 Å². The maximum Gasteiger partial charge on any atom is 0.119 e. The number of nitrogens with one attached hydrogen (secondary N) is 1. The Morgan fingerprint density at radius 3 is 2.31 bits per heavy atom. The second kappa shape index (κ2) is 10.4. The molecule has 0 radical (unpaired) electrons. The van der Waals surface area contributed by atoms with Gasteiger partial charge in [-0.2, -0.15) is 0 Å². The number of nitrogens with zero attached hydrogens (tertiary/aromatic N) is 1. The van der Waals surface area contributed by atoms with E-state index in [9.17, 15) is 0 Å². The van der Waals surface area contributed by atoms with Crippen LogP contribution in [-0.4, -0.2) is 36.2 Å². The summed E-state index contributed by atoms with van der Waals surface area (Å²) in [5.41, 5.74) is 19.8. The van der Waals surface area contributed by atoms with Crippen LogP contribution in [0.25, 0.3) is 16.8 Å². The maximum atomic E-state index is 6.63. The Bertz CT molecular complexity index is 1100. The molecule has 5 heteroatoms. The number of aryl methyl sites for hydroxylation is 2. The highest BCUT2D eigenvalue weighted by atomic mass is 16.5. The first-order valence-electron chi connectivity index (χ1n) is 12.6. The van der Waals surface area contributed by atoms with Gasteiger partial charge in [0, 0.05) is 35.4 Å². The topological polar surface area (TPSA) is 76.5 Å². The van der Waals surface area contributed by atoms with Gasteiger partial charge in [0.05, 0.1) is 12.9 Å². The van der Waals surface area contributed by atoms with Gasteiger partial charge in [0.25, 0.3) is 0 Å². The molecule has 2 aromatic carbocycles. The first-order chi connectivity index (χ1) is 16.4. The molecule has 1 fully saturated rings. The lowest BCUT2D eigenvalue weighted by Crippen LogP contribution is -2.61. The van der Waals surface area contributed by atoms with Gasteiger partial charge in [-0.3, -0.25) is 0 Å². The van der Waals surface area contributed by atoms with Crippen LogP contribution in [0.3, 0.4) is 0 Å². The number of nitrogens with two attached hydrogens (primary N) is 2. The van der Waals surface area contributed by atoms with Gasteiger partial charge in [-0.15, -0.1) is 0 Å². The fourth-order valence-electron chi connectivity index (χ4n) is 5.65. The van der Waals surface area contributed by atoms with Crippen molar-refractivity contribution < 1.29 is 4.74 Å². The van der Waals surface area contributed by atoms with Crippen LogP contribution in [-0.2, 0) is 6.42 Å². The van der Waals surface area contributed by atoms with Gasteiger partial charge < -0.3 is 26.4 Å². The Labute approximate surface area is 212 Å². The molecule has 0 aromatic heterocycles. The fraction of sp³-hybridized carbons (Fsp3) is 0.467.